The van der Waals surface area contributed by atoms with Crippen molar-refractivity contribution in [2.45, 2.75) is 26.6 Å². The minimum Gasteiger partial charge on any atom is -0.489 e. The molecule has 0 aliphatic carbocycles. The van der Waals surface area contributed by atoms with Crippen LogP contribution in [0.5, 0.6) is 5.75 Å². The highest BCUT2D eigenvalue weighted by Crippen LogP contribution is 2.23. The molecular formula is C19H21ClN4O. The lowest BCUT2D eigenvalue weighted by Gasteiger charge is -2.13. The number of pyridine rings is 1. The lowest BCUT2D eigenvalue weighted by atomic mass is 10.2. The third-order valence-electron chi connectivity index (χ3n) is 3.74. The standard InChI is InChI=1S/C19H21ClN4O/c1-15-10-23-24(13-15)8-7-22-12-17-9-18(20)4-5-19(17)25-14-16-3-2-6-21-11-16/h2-6,9-11,13,22H,7-8,12,14H2,1H3. The highest BCUT2D eigenvalue weighted by atomic mass is 35.5. The third kappa shape index (κ3) is 5.31. The molecule has 0 spiro atoms. The fourth-order valence-corrected chi connectivity index (χ4v) is 2.67. The molecule has 0 aliphatic heterocycles. The molecule has 0 saturated heterocycles. The van der Waals surface area contributed by atoms with Crippen LogP contribution in [-0.2, 0) is 19.7 Å². The zero-order chi connectivity index (χ0) is 17.5. The van der Waals surface area contributed by atoms with Crippen LogP contribution in [0.15, 0.2) is 55.1 Å². The molecule has 0 atom stereocenters. The molecule has 25 heavy (non-hydrogen) atoms. The van der Waals surface area contributed by atoms with Crippen molar-refractivity contribution in [3.63, 3.8) is 0 Å². The molecule has 5 nitrogen and oxygen atoms in total. The summed E-state index contributed by atoms with van der Waals surface area (Å²) in [5, 5.41) is 8.40. The highest BCUT2D eigenvalue weighted by molar-refractivity contribution is 6.30. The fraction of sp³-hybridized carbons (Fsp3) is 0.263. The van der Waals surface area contributed by atoms with Crippen LogP contribution in [0.2, 0.25) is 5.02 Å². The smallest absolute Gasteiger partial charge is 0.124 e. The quantitative estimate of drug-likeness (QED) is 0.626. The minimum absolute atomic E-state index is 0.481. The molecule has 0 saturated carbocycles. The predicted molar refractivity (Wildman–Crippen MR) is 98.7 cm³/mol. The average Bonchev–Trinajstić information content (AvgIpc) is 3.04. The Labute approximate surface area is 152 Å². The van der Waals surface area contributed by atoms with E-state index in [2.05, 4.69) is 15.4 Å². The second kappa shape index (κ2) is 8.65. The molecule has 0 bridgehead atoms. The maximum atomic E-state index is 6.14. The largest absolute Gasteiger partial charge is 0.489 e. The molecule has 2 heterocycles. The Morgan fingerprint density at radius 2 is 2.16 bits per heavy atom. The van der Waals surface area contributed by atoms with E-state index in [0.29, 0.717) is 18.2 Å². The fourth-order valence-electron chi connectivity index (χ4n) is 2.48. The van der Waals surface area contributed by atoms with Crippen molar-refractivity contribution in [2.75, 3.05) is 6.54 Å². The van der Waals surface area contributed by atoms with Crippen molar-refractivity contribution in [3.8, 4) is 5.75 Å². The molecule has 0 amide bonds. The van der Waals surface area contributed by atoms with Crippen molar-refractivity contribution in [2.24, 2.45) is 0 Å². The first-order valence-electron chi connectivity index (χ1n) is 8.20. The summed E-state index contributed by atoms with van der Waals surface area (Å²) in [6.45, 7) is 4.84. The second-order valence-corrected chi connectivity index (χ2v) is 6.30. The molecule has 2 aromatic heterocycles. The molecule has 6 heteroatoms. The predicted octanol–water partition coefficient (Wildman–Crippen LogP) is 3.61. The molecule has 1 aromatic carbocycles. The Morgan fingerprint density at radius 1 is 1.24 bits per heavy atom. The molecule has 0 radical (unpaired) electrons. The topological polar surface area (TPSA) is 52.0 Å². The van der Waals surface area contributed by atoms with E-state index < -0.39 is 0 Å². The Bertz CT molecular complexity index is 804. The SMILES string of the molecule is Cc1cnn(CCNCc2cc(Cl)ccc2OCc2cccnc2)c1. The van der Waals surface area contributed by atoms with E-state index in [-0.39, 0.29) is 0 Å². The van der Waals surface area contributed by atoms with E-state index in [1.165, 1.54) is 5.56 Å². The van der Waals surface area contributed by atoms with Gasteiger partial charge in [0, 0.05) is 47.8 Å². The van der Waals surface area contributed by atoms with Crippen LogP contribution in [0.25, 0.3) is 0 Å². The number of nitrogens with zero attached hydrogens (tertiary/aromatic N) is 3. The van der Waals surface area contributed by atoms with Crippen molar-refractivity contribution < 1.29 is 4.74 Å². The van der Waals surface area contributed by atoms with E-state index in [0.717, 1.165) is 30.0 Å². The first kappa shape index (κ1) is 17.5. The number of hydrogen-bond donors (Lipinski definition) is 1. The van der Waals surface area contributed by atoms with Gasteiger partial charge in [-0.1, -0.05) is 17.7 Å². The molecule has 130 valence electrons. The Kier molecular flexibility index (Phi) is 6.04. The highest BCUT2D eigenvalue weighted by Gasteiger charge is 2.06. The number of nitrogens with one attached hydrogen (secondary N) is 1. The van der Waals surface area contributed by atoms with E-state index in [9.17, 15) is 0 Å². The Hall–Kier alpha value is -2.37. The molecule has 0 unspecified atom stereocenters. The van der Waals surface area contributed by atoms with Gasteiger partial charge in [-0.3, -0.25) is 9.67 Å². The number of ether oxygens (including phenoxy) is 1. The summed E-state index contributed by atoms with van der Waals surface area (Å²) in [4.78, 5) is 4.10. The van der Waals surface area contributed by atoms with Crippen molar-refractivity contribution in [3.05, 3.63) is 76.8 Å². The molecular weight excluding hydrogens is 336 g/mol. The van der Waals surface area contributed by atoms with Gasteiger partial charge in [-0.25, -0.2) is 0 Å². The number of rotatable bonds is 8. The number of aryl methyl sites for hydroxylation is 1. The van der Waals surface area contributed by atoms with Crippen molar-refractivity contribution >= 4 is 11.6 Å². The van der Waals surface area contributed by atoms with Gasteiger partial charge in [0.05, 0.1) is 12.7 Å². The monoisotopic (exact) mass is 356 g/mol. The van der Waals surface area contributed by atoms with Crippen LogP contribution < -0.4 is 10.1 Å². The van der Waals surface area contributed by atoms with Gasteiger partial charge in [-0.05, 0) is 36.8 Å². The van der Waals surface area contributed by atoms with E-state index >= 15 is 0 Å². The summed E-state index contributed by atoms with van der Waals surface area (Å²) in [5.41, 5.74) is 3.24. The number of benzene rings is 1. The van der Waals surface area contributed by atoms with Gasteiger partial charge in [-0.2, -0.15) is 5.10 Å². The number of hydrogen-bond acceptors (Lipinski definition) is 4. The third-order valence-corrected chi connectivity index (χ3v) is 3.97. The van der Waals surface area contributed by atoms with Gasteiger partial charge in [0.1, 0.15) is 12.4 Å². The zero-order valence-electron chi connectivity index (χ0n) is 14.2. The van der Waals surface area contributed by atoms with Crippen LogP contribution in [-0.4, -0.2) is 21.3 Å². The molecule has 3 aromatic rings. The lowest BCUT2D eigenvalue weighted by Crippen LogP contribution is -2.20. The zero-order valence-corrected chi connectivity index (χ0v) is 14.9. The maximum absolute atomic E-state index is 6.14. The summed E-state index contributed by atoms with van der Waals surface area (Å²) in [6, 6.07) is 9.58. The van der Waals surface area contributed by atoms with Gasteiger partial charge >= 0.3 is 0 Å². The van der Waals surface area contributed by atoms with E-state index in [1.807, 2.05) is 54.3 Å². The van der Waals surface area contributed by atoms with Crippen LogP contribution in [0.3, 0.4) is 0 Å². The van der Waals surface area contributed by atoms with Gasteiger partial charge < -0.3 is 10.1 Å². The van der Waals surface area contributed by atoms with Crippen molar-refractivity contribution in [1.29, 1.82) is 0 Å². The van der Waals surface area contributed by atoms with Crippen LogP contribution in [0.4, 0.5) is 0 Å². The number of halogens is 1. The van der Waals surface area contributed by atoms with E-state index in [1.54, 1.807) is 12.4 Å². The summed E-state index contributed by atoms with van der Waals surface area (Å²) < 4.78 is 7.87. The van der Waals surface area contributed by atoms with Gasteiger partial charge in [0.25, 0.3) is 0 Å². The van der Waals surface area contributed by atoms with Gasteiger partial charge in [-0.15, -0.1) is 0 Å². The normalized spacial score (nSPS) is 10.8. The summed E-state index contributed by atoms with van der Waals surface area (Å²) in [5.74, 6) is 0.829. The van der Waals surface area contributed by atoms with Gasteiger partial charge in [0.2, 0.25) is 0 Å². The molecule has 0 aliphatic rings. The first-order valence-corrected chi connectivity index (χ1v) is 8.58. The lowest BCUT2D eigenvalue weighted by molar-refractivity contribution is 0.301. The summed E-state index contributed by atoms with van der Waals surface area (Å²) >= 11 is 6.14. The maximum Gasteiger partial charge on any atom is 0.124 e. The van der Waals surface area contributed by atoms with Crippen LogP contribution in [0, 0.1) is 6.92 Å². The van der Waals surface area contributed by atoms with Gasteiger partial charge in [0.15, 0.2) is 0 Å². The molecule has 1 N–H and O–H groups in total. The summed E-state index contributed by atoms with van der Waals surface area (Å²) in [6.07, 6.45) is 7.45. The average molecular weight is 357 g/mol. The second-order valence-electron chi connectivity index (χ2n) is 5.86. The van der Waals surface area contributed by atoms with Crippen molar-refractivity contribution in [1.82, 2.24) is 20.1 Å². The Morgan fingerprint density at radius 3 is 2.92 bits per heavy atom. The van der Waals surface area contributed by atoms with Crippen LogP contribution >= 0.6 is 11.6 Å². The number of aromatic nitrogens is 3. The first-order chi connectivity index (χ1) is 12.2. The molecule has 3 rings (SSSR count). The Balaban J connectivity index is 1.55. The summed E-state index contributed by atoms with van der Waals surface area (Å²) in [7, 11) is 0. The van der Waals surface area contributed by atoms with Crippen LogP contribution in [0.1, 0.15) is 16.7 Å². The van der Waals surface area contributed by atoms with E-state index in [4.69, 9.17) is 16.3 Å². The minimum atomic E-state index is 0.481. The molecule has 0 fully saturated rings.